The van der Waals surface area contributed by atoms with Crippen molar-refractivity contribution >= 4 is 11.6 Å². The summed E-state index contributed by atoms with van der Waals surface area (Å²) in [7, 11) is 0. The number of fused-ring (bicyclic) bond motifs is 1. The molecule has 3 nitrogen and oxygen atoms in total. The van der Waals surface area contributed by atoms with Crippen molar-refractivity contribution in [2.75, 3.05) is 24.7 Å². The van der Waals surface area contributed by atoms with E-state index in [2.05, 4.69) is 6.07 Å². The molecule has 0 N–H and O–H groups in total. The predicted molar refractivity (Wildman–Crippen MR) is 61.4 cm³/mol. The molecule has 1 atom stereocenters. The Labute approximate surface area is 95.0 Å². The van der Waals surface area contributed by atoms with Gasteiger partial charge in [-0.15, -0.1) is 0 Å². The van der Waals surface area contributed by atoms with Crippen molar-refractivity contribution in [3.05, 3.63) is 29.8 Å². The van der Waals surface area contributed by atoms with E-state index in [0.29, 0.717) is 6.61 Å². The fourth-order valence-corrected chi connectivity index (χ4v) is 2.52. The van der Waals surface area contributed by atoms with Crippen LogP contribution in [-0.2, 0) is 16.0 Å². The molecule has 3 heteroatoms. The first-order valence-electron chi connectivity index (χ1n) is 5.83. The van der Waals surface area contributed by atoms with E-state index in [1.807, 2.05) is 23.1 Å². The van der Waals surface area contributed by atoms with E-state index in [1.165, 1.54) is 5.56 Å². The standard InChI is InChI=1S/C13H15NO2/c15-13(11-6-8-16-9-11)14-7-5-10-3-1-2-4-12(10)14/h1-4,11H,5-9H2. The number of amides is 1. The Bertz CT molecular complexity index is 410. The minimum atomic E-state index is 0.0751. The van der Waals surface area contributed by atoms with Crippen LogP contribution < -0.4 is 4.90 Å². The lowest BCUT2D eigenvalue weighted by Crippen LogP contribution is -2.35. The summed E-state index contributed by atoms with van der Waals surface area (Å²) in [6, 6.07) is 8.17. The van der Waals surface area contributed by atoms with Gasteiger partial charge in [0.1, 0.15) is 0 Å². The van der Waals surface area contributed by atoms with E-state index in [1.54, 1.807) is 0 Å². The molecule has 1 fully saturated rings. The molecule has 1 aromatic rings. The number of ether oxygens (including phenoxy) is 1. The molecule has 0 bridgehead atoms. The first kappa shape index (κ1) is 9.85. The molecule has 0 aliphatic carbocycles. The van der Waals surface area contributed by atoms with Gasteiger partial charge in [0.2, 0.25) is 5.91 Å². The average molecular weight is 217 g/mol. The van der Waals surface area contributed by atoms with Gasteiger partial charge in [0.15, 0.2) is 0 Å². The third-order valence-corrected chi connectivity index (χ3v) is 3.43. The Kier molecular flexibility index (Phi) is 2.40. The lowest BCUT2D eigenvalue weighted by atomic mass is 10.1. The molecule has 84 valence electrons. The van der Waals surface area contributed by atoms with Crippen LogP contribution in [0.2, 0.25) is 0 Å². The minimum Gasteiger partial charge on any atom is -0.381 e. The number of benzene rings is 1. The third-order valence-electron chi connectivity index (χ3n) is 3.43. The highest BCUT2D eigenvalue weighted by molar-refractivity contribution is 5.97. The average Bonchev–Trinajstić information content (AvgIpc) is 2.98. The van der Waals surface area contributed by atoms with Crippen molar-refractivity contribution in [3.63, 3.8) is 0 Å². The van der Waals surface area contributed by atoms with Gasteiger partial charge >= 0.3 is 0 Å². The molecule has 1 amide bonds. The van der Waals surface area contributed by atoms with E-state index >= 15 is 0 Å². The number of carbonyl (C=O) groups excluding carboxylic acids is 1. The highest BCUT2D eigenvalue weighted by Gasteiger charge is 2.31. The number of carbonyl (C=O) groups is 1. The Morgan fingerprint density at radius 1 is 1.38 bits per heavy atom. The van der Waals surface area contributed by atoms with Gasteiger partial charge < -0.3 is 9.64 Å². The van der Waals surface area contributed by atoms with Crippen molar-refractivity contribution < 1.29 is 9.53 Å². The molecule has 1 aromatic carbocycles. The number of hydrogen-bond acceptors (Lipinski definition) is 2. The van der Waals surface area contributed by atoms with Gasteiger partial charge in [-0.1, -0.05) is 18.2 Å². The normalized spacial score (nSPS) is 23.5. The third kappa shape index (κ3) is 1.52. The van der Waals surface area contributed by atoms with Crippen molar-refractivity contribution in [2.24, 2.45) is 5.92 Å². The van der Waals surface area contributed by atoms with E-state index in [4.69, 9.17) is 4.74 Å². The van der Waals surface area contributed by atoms with Gasteiger partial charge in [0.05, 0.1) is 12.5 Å². The molecule has 2 heterocycles. The first-order valence-corrected chi connectivity index (χ1v) is 5.83. The van der Waals surface area contributed by atoms with Crippen molar-refractivity contribution in [2.45, 2.75) is 12.8 Å². The molecule has 0 aromatic heterocycles. The van der Waals surface area contributed by atoms with Gasteiger partial charge in [-0.3, -0.25) is 4.79 Å². The fourth-order valence-electron chi connectivity index (χ4n) is 2.52. The quantitative estimate of drug-likeness (QED) is 0.715. The fraction of sp³-hybridized carbons (Fsp3) is 0.462. The Morgan fingerprint density at radius 2 is 2.25 bits per heavy atom. The molecule has 1 saturated heterocycles. The van der Waals surface area contributed by atoms with Gasteiger partial charge in [-0.2, -0.15) is 0 Å². The number of nitrogens with zero attached hydrogens (tertiary/aromatic N) is 1. The van der Waals surface area contributed by atoms with Crippen LogP contribution >= 0.6 is 0 Å². The molecule has 16 heavy (non-hydrogen) atoms. The molecule has 3 rings (SSSR count). The maximum atomic E-state index is 12.3. The minimum absolute atomic E-state index is 0.0751. The second-order valence-corrected chi connectivity index (χ2v) is 4.43. The largest absolute Gasteiger partial charge is 0.381 e. The highest BCUT2D eigenvalue weighted by Crippen LogP contribution is 2.30. The summed E-state index contributed by atoms with van der Waals surface area (Å²) in [5.41, 5.74) is 2.38. The first-order chi connectivity index (χ1) is 7.86. The van der Waals surface area contributed by atoms with Crippen LogP contribution in [0.1, 0.15) is 12.0 Å². The summed E-state index contributed by atoms with van der Waals surface area (Å²) in [5.74, 6) is 0.314. The zero-order chi connectivity index (χ0) is 11.0. The summed E-state index contributed by atoms with van der Waals surface area (Å²) in [5, 5.41) is 0. The topological polar surface area (TPSA) is 29.5 Å². The SMILES string of the molecule is O=C(C1CCOC1)N1CCc2ccccc21. The smallest absolute Gasteiger partial charge is 0.232 e. The summed E-state index contributed by atoms with van der Waals surface area (Å²) in [6.45, 7) is 2.15. The maximum absolute atomic E-state index is 12.3. The van der Waals surface area contributed by atoms with Crippen LogP contribution in [0, 0.1) is 5.92 Å². The van der Waals surface area contributed by atoms with Gasteiger partial charge in [0, 0.05) is 18.8 Å². The number of hydrogen-bond donors (Lipinski definition) is 0. The van der Waals surface area contributed by atoms with Crippen LogP contribution in [0.5, 0.6) is 0 Å². The monoisotopic (exact) mass is 217 g/mol. The Hall–Kier alpha value is -1.35. The predicted octanol–water partition coefficient (Wildman–Crippen LogP) is 1.61. The summed E-state index contributed by atoms with van der Waals surface area (Å²) < 4.78 is 5.28. The highest BCUT2D eigenvalue weighted by atomic mass is 16.5. The zero-order valence-corrected chi connectivity index (χ0v) is 9.19. The lowest BCUT2D eigenvalue weighted by Gasteiger charge is -2.20. The van der Waals surface area contributed by atoms with Crippen LogP contribution in [0.3, 0.4) is 0 Å². The molecule has 2 aliphatic heterocycles. The second-order valence-electron chi connectivity index (χ2n) is 4.43. The Morgan fingerprint density at radius 3 is 3.06 bits per heavy atom. The number of rotatable bonds is 1. The summed E-state index contributed by atoms with van der Waals surface area (Å²) in [4.78, 5) is 14.2. The van der Waals surface area contributed by atoms with Crippen molar-refractivity contribution in [1.29, 1.82) is 0 Å². The van der Waals surface area contributed by atoms with Gasteiger partial charge in [-0.05, 0) is 24.5 Å². The van der Waals surface area contributed by atoms with Crippen molar-refractivity contribution in [1.82, 2.24) is 0 Å². The molecular weight excluding hydrogens is 202 g/mol. The van der Waals surface area contributed by atoms with Crippen LogP contribution in [-0.4, -0.2) is 25.7 Å². The molecule has 0 radical (unpaired) electrons. The number of para-hydroxylation sites is 1. The lowest BCUT2D eigenvalue weighted by molar-refractivity contribution is -0.122. The van der Waals surface area contributed by atoms with Crippen molar-refractivity contribution in [3.8, 4) is 0 Å². The van der Waals surface area contributed by atoms with Gasteiger partial charge in [-0.25, -0.2) is 0 Å². The second kappa shape index (κ2) is 3.91. The molecular formula is C13H15NO2. The van der Waals surface area contributed by atoms with E-state index in [-0.39, 0.29) is 11.8 Å². The molecule has 0 saturated carbocycles. The van der Waals surface area contributed by atoms with E-state index in [0.717, 1.165) is 31.7 Å². The summed E-state index contributed by atoms with van der Waals surface area (Å²) >= 11 is 0. The van der Waals surface area contributed by atoms with Gasteiger partial charge in [0.25, 0.3) is 0 Å². The molecule has 1 unspecified atom stereocenters. The van der Waals surface area contributed by atoms with E-state index in [9.17, 15) is 4.79 Å². The van der Waals surface area contributed by atoms with Crippen LogP contribution in [0.25, 0.3) is 0 Å². The zero-order valence-electron chi connectivity index (χ0n) is 9.19. The summed E-state index contributed by atoms with van der Waals surface area (Å²) in [6.07, 6.45) is 1.85. The number of anilines is 1. The van der Waals surface area contributed by atoms with E-state index < -0.39 is 0 Å². The van der Waals surface area contributed by atoms with Crippen LogP contribution in [0.4, 0.5) is 5.69 Å². The maximum Gasteiger partial charge on any atom is 0.232 e. The Balaban J connectivity index is 1.84. The molecule has 2 aliphatic rings. The van der Waals surface area contributed by atoms with Crippen LogP contribution in [0.15, 0.2) is 24.3 Å². The molecule has 0 spiro atoms.